The van der Waals surface area contributed by atoms with Crippen molar-refractivity contribution in [1.82, 2.24) is 0 Å². The summed E-state index contributed by atoms with van der Waals surface area (Å²) in [6, 6.07) is 0. The first-order chi connectivity index (χ1) is 5.74. The van der Waals surface area contributed by atoms with Crippen molar-refractivity contribution in [2.45, 2.75) is 26.9 Å². The highest BCUT2D eigenvalue weighted by Crippen LogP contribution is 2.05. The van der Waals surface area contributed by atoms with Crippen molar-refractivity contribution >= 4 is 0 Å². The summed E-state index contributed by atoms with van der Waals surface area (Å²) in [5, 5.41) is 0. The fraction of sp³-hybridized carbons (Fsp3) is 0.625. The molecule has 0 bridgehead atoms. The van der Waals surface area contributed by atoms with Crippen molar-refractivity contribution in [2.75, 3.05) is 6.61 Å². The van der Waals surface area contributed by atoms with Crippen molar-refractivity contribution in [3.8, 4) is 0 Å². The zero-order chi connectivity index (χ0) is 8.97. The minimum absolute atomic E-state index is 0.311. The summed E-state index contributed by atoms with van der Waals surface area (Å²) in [5.41, 5.74) is 0. The Kier molecular flexibility index (Phi) is 3.10. The van der Waals surface area contributed by atoms with Crippen LogP contribution in [0.25, 0.3) is 0 Å². The molecule has 0 aliphatic rings. The number of hydrogen-bond acceptors (Lipinski definition) is 4. The predicted octanol–water partition coefficient (Wildman–Crippen LogP) is 1.47. The van der Waals surface area contributed by atoms with Crippen molar-refractivity contribution < 1.29 is 13.6 Å². The van der Waals surface area contributed by atoms with Crippen LogP contribution in [-0.4, -0.2) is 6.61 Å². The number of aryl methyl sites for hydroxylation is 1. The molecule has 0 aliphatic carbocycles. The fourth-order valence-electron chi connectivity index (χ4n) is 0.816. The van der Waals surface area contributed by atoms with E-state index in [0.29, 0.717) is 24.7 Å². The van der Waals surface area contributed by atoms with E-state index >= 15 is 0 Å². The molecule has 1 heterocycles. The molecule has 0 unspecified atom stereocenters. The molecular weight excluding hydrogens is 160 g/mol. The molecule has 4 nitrogen and oxygen atoms in total. The maximum Gasteiger partial charge on any atom is 0.519 e. The van der Waals surface area contributed by atoms with Crippen molar-refractivity contribution in [3.05, 3.63) is 22.1 Å². The minimum atomic E-state index is -0.664. The summed E-state index contributed by atoms with van der Waals surface area (Å²) in [6.07, 6.45) is 0.946. The normalized spacial score (nSPS) is 10.5. The molecular formula is C8H12O4. The average Bonchev–Trinajstić information content (AvgIpc) is 2.31. The van der Waals surface area contributed by atoms with Crippen LogP contribution in [0.1, 0.15) is 24.9 Å². The number of rotatable bonds is 4. The van der Waals surface area contributed by atoms with E-state index in [1.165, 1.54) is 0 Å². The summed E-state index contributed by atoms with van der Waals surface area (Å²) >= 11 is 0. The first-order valence-electron chi connectivity index (χ1n) is 3.91. The molecule has 1 aromatic heterocycles. The van der Waals surface area contributed by atoms with Crippen LogP contribution in [0.2, 0.25) is 0 Å². The lowest BCUT2D eigenvalue weighted by Gasteiger charge is -1.97. The van der Waals surface area contributed by atoms with Crippen molar-refractivity contribution in [2.24, 2.45) is 0 Å². The van der Waals surface area contributed by atoms with E-state index in [1.807, 2.05) is 6.92 Å². The summed E-state index contributed by atoms with van der Waals surface area (Å²) in [6.45, 7) is 4.66. The van der Waals surface area contributed by atoms with E-state index in [0.717, 1.165) is 6.42 Å². The summed E-state index contributed by atoms with van der Waals surface area (Å²) in [7, 11) is 0. The third kappa shape index (κ3) is 2.23. The van der Waals surface area contributed by atoms with E-state index in [2.05, 4.69) is 4.42 Å². The van der Waals surface area contributed by atoms with Gasteiger partial charge in [0.05, 0.1) is 0 Å². The highest BCUT2D eigenvalue weighted by molar-refractivity contribution is 4.98. The second-order valence-corrected chi connectivity index (χ2v) is 2.49. The van der Waals surface area contributed by atoms with Gasteiger partial charge in [-0.3, -0.25) is 0 Å². The van der Waals surface area contributed by atoms with Gasteiger partial charge >= 0.3 is 5.82 Å². The lowest BCUT2D eigenvalue weighted by atomic mass is 10.4. The Labute approximate surface area is 70.1 Å². The first-order valence-corrected chi connectivity index (χ1v) is 3.91. The zero-order valence-electron chi connectivity index (χ0n) is 7.25. The molecule has 1 rings (SSSR count). The van der Waals surface area contributed by atoms with Crippen LogP contribution < -0.4 is 5.82 Å². The van der Waals surface area contributed by atoms with Gasteiger partial charge in [-0.2, -0.15) is 0 Å². The number of ether oxygens (including phenoxy) is 1. The molecule has 0 atom stereocenters. The fourth-order valence-corrected chi connectivity index (χ4v) is 0.816. The minimum Gasteiger partial charge on any atom is -0.396 e. The quantitative estimate of drug-likeness (QED) is 0.645. The van der Waals surface area contributed by atoms with Crippen LogP contribution in [0.4, 0.5) is 0 Å². The van der Waals surface area contributed by atoms with Gasteiger partial charge in [-0.25, -0.2) is 4.79 Å². The van der Waals surface area contributed by atoms with Crippen LogP contribution in [0.15, 0.2) is 13.6 Å². The van der Waals surface area contributed by atoms with Gasteiger partial charge < -0.3 is 13.6 Å². The Morgan fingerprint density at radius 3 is 2.67 bits per heavy atom. The molecule has 0 aliphatic heterocycles. The molecule has 0 fully saturated rings. The summed E-state index contributed by atoms with van der Waals surface area (Å²) in [5.74, 6) is 0.312. The highest BCUT2D eigenvalue weighted by atomic mass is 16.6. The van der Waals surface area contributed by atoms with Gasteiger partial charge in [0.2, 0.25) is 0 Å². The zero-order valence-corrected chi connectivity index (χ0v) is 7.25. The molecule has 68 valence electrons. The van der Waals surface area contributed by atoms with Gasteiger partial charge in [0.25, 0.3) is 0 Å². The highest BCUT2D eigenvalue weighted by Gasteiger charge is 2.06. The van der Waals surface area contributed by atoms with Crippen LogP contribution in [0.3, 0.4) is 0 Å². The predicted molar refractivity (Wildman–Crippen MR) is 41.9 cm³/mol. The monoisotopic (exact) mass is 172 g/mol. The summed E-state index contributed by atoms with van der Waals surface area (Å²) in [4.78, 5) is 10.6. The van der Waals surface area contributed by atoms with Gasteiger partial charge in [0.1, 0.15) is 12.4 Å². The topological polar surface area (TPSA) is 52.6 Å². The lowest BCUT2D eigenvalue weighted by Crippen LogP contribution is -1.94. The molecule has 0 amide bonds. The Balaban J connectivity index is 2.51. The third-order valence-corrected chi connectivity index (χ3v) is 1.42. The SMILES string of the molecule is CCCOCc1oc(=O)oc1C. The second kappa shape index (κ2) is 4.11. The average molecular weight is 172 g/mol. The molecule has 4 heteroatoms. The maximum atomic E-state index is 10.6. The van der Waals surface area contributed by atoms with E-state index < -0.39 is 5.82 Å². The van der Waals surface area contributed by atoms with Gasteiger partial charge in [-0.1, -0.05) is 6.92 Å². The molecule has 0 radical (unpaired) electrons. The molecule has 1 aromatic rings. The van der Waals surface area contributed by atoms with E-state index in [1.54, 1.807) is 6.92 Å². The Morgan fingerprint density at radius 1 is 1.42 bits per heavy atom. The Morgan fingerprint density at radius 2 is 2.17 bits per heavy atom. The van der Waals surface area contributed by atoms with Crippen LogP contribution in [-0.2, 0) is 11.3 Å². The van der Waals surface area contributed by atoms with Crippen LogP contribution >= 0.6 is 0 Å². The number of hydrogen-bond donors (Lipinski definition) is 0. The second-order valence-electron chi connectivity index (χ2n) is 2.49. The molecule has 0 aromatic carbocycles. The maximum absolute atomic E-state index is 10.6. The largest absolute Gasteiger partial charge is 0.519 e. The van der Waals surface area contributed by atoms with E-state index in [4.69, 9.17) is 9.15 Å². The molecule has 12 heavy (non-hydrogen) atoms. The molecule has 0 N–H and O–H groups in total. The van der Waals surface area contributed by atoms with E-state index in [9.17, 15) is 4.79 Å². The Bertz CT molecular complexity index is 283. The smallest absolute Gasteiger partial charge is 0.396 e. The first kappa shape index (κ1) is 9.06. The lowest BCUT2D eigenvalue weighted by molar-refractivity contribution is 0.105. The standard InChI is InChI=1S/C8H12O4/c1-3-4-10-5-7-6(2)11-8(9)12-7/h3-5H2,1-2H3. The van der Waals surface area contributed by atoms with Crippen LogP contribution in [0.5, 0.6) is 0 Å². The molecule has 0 saturated heterocycles. The van der Waals surface area contributed by atoms with Crippen LogP contribution in [0, 0.1) is 6.92 Å². The van der Waals surface area contributed by atoms with Gasteiger partial charge in [0.15, 0.2) is 5.76 Å². The van der Waals surface area contributed by atoms with E-state index in [-0.39, 0.29) is 0 Å². The van der Waals surface area contributed by atoms with Crippen molar-refractivity contribution in [1.29, 1.82) is 0 Å². The van der Waals surface area contributed by atoms with Crippen molar-refractivity contribution in [3.63, 3.8) is 0 Å². The molecule has 0 spiro atoms. The molecule has 0 saturated carbocycles. The van der Waals surface area contributed by atoms with Gasteiger partial charge in [-0.15, -0.1) is 0 Å². The summed E-state index contributed by atoms with van der Waals surface area (Å²) < 4.78 is 14.5. The van der Waals surface area contributed by atoms with Gasteiger partial charge in [-0.05, 0) is 13.3 Å². The third-order valence-electron chi connectivity index (χ3n) is 1.42. The Hall–Kier alpha value is -1.03. The van der Waals surface area contributed by atoms with Gasteiger partial charge in [0, 0.05) is 6.61 Å².